The van der Waals surface area contributed by atoms with Crippen LogP contribution in [-0.4, -0.2) is 60.0 Å². The maximum absolute atomic E-state index is 13.1. The van der Waals surface area contributed by atoms with Crippen LogP contribution in [0.5, 0.6) is 0 Å². The molecule has 2 atom stereocenters. The molecule has 0 spiro atoms. The molecule has 0 bridgehead atoms. The lowest BCUT2D eigenvalue weighted by Crippen LogP contribution is -2.61. The Morgan fingerprint density at radius 1 is 1.35 bits per heavy atom. The van der Waals surface area contributed by atoms with E-state index in [1.54, 1.807) is 6.92 Å². The number of sulfonamides is 1. The third-order valence-corrected chi connectivity index (χ3v) is 5.00. The molecule has 23 heavy (non-hydrogen) atoms. The molecule has 1 N–H and O–H groups in total. The summed E-state index contributed by atoms with van der Waals surface area (Å²) in [5, 5.41) is 9.54. The van der Waals surface area contributed by atoms with Crippen molar-refractivity contribution in [2.24, 2.45) is 0 Å². The van der Waals surface area contributed by atoms with Crippen LogP contribution in [0.4, 0.5) is 4.39 Å². The molecule has 7 nitrogen and oxygen atoms in total. The van der Waals surface area contributed by atoms with Gasteiger partial charge in [0.1, 0.15) is 11.9 Å². The second kappa shape index (κ2) is 6.25. The first-order valence-corrected chi connectivity index (χ1v) is 8.76. The Hall–Kier alpha value is -2.00. The summed E-state index contributed by atoms with van der Waals surface area (Å²) in [5.74, 6) is -2.37. The lowest BCUT2D eigenvalue weighted by atomic mass is 9.95. The van der Waals surface area contributed by atoms with Crippen molar-refractivity contribution in [2.45, 2.75) is 19.0 Å². The maximum atomic E-state index is 13.1. The molecule has 9 heteroatoms. The molecule has 0 radical (unpaired) electrons. The van der Waals surface area contributed by atoms with E-state index in [1.165, 1.54) is 17.0 Å². The second-order valence-corrected chi connectivity index (χ2v) is 7.20. The first kappa shape index (κ1) is 17.4. The number of rotatable bonds is 4. The highest BCUT2D eigenvalue weighted by Crippen LogP contribution is 2.33. The highest BCUT2D eigenvalue weighted by Gasteiger charge is 2.48. The smallest absolute Gasteiger partial charge is 0.324 e. The molecule has 1 amide bonds. The zero-order chi connectivity index (χ0) is 17.4. The summed E-state index contributed by atoms with van der Waals surface area (Å²) >= 11 is 0. The number of likely N-dealkylation sites (N-methyl/N-ethyl adjacent to an activating group) is 1. The van der Waals surface area contributed by atoms with E-state index in [4.69, 9.17) is 0 Å². The Morgan fingerprint density at radius 2 is 1.91 bits per heavy atom. The van der Waals surface area contributed by atoms with Crippen LogP contribution >= 0.6 is 0 Å². The quantitative estimate of drug-likeness (QED) is 0.855. The number of amides is 1. The Balaban J connectivity index is 2.60. The van der Waals surface area contributed by atoms with Gasteiger partial charge in [0.15, 0.2) is 0 Å². The van der Waals surface area contributed by atoms with Crippen LogP contribution in [-0.2, 0) is 19.6 Å². The summed E-state index contributed by atoms with van der Waals surface area (Å²) in [6, 6.07) is 2.52. The van der Waals surface area contributed by atoms with Crippen LogP contribution < -0.4 is 0 Å². The highest BCUT2D eigenvalue weighted by molar-refractivity contribution is 7.88. The third-order valence-electron chi connectivity index (χ3n) is 3.79. The minimum atomic E-state index is -3.90. The topological polar surface area (TPSA) is 95.0 Å². The van der Waals surface area contributed by atoms with Gasteiger partial charge < -0.3 is 10.0 Å². The number of aliphatic carboxylic acids is 1. The summed E-state index contributed by atoms with van der Waals surface area (Å²) in [4.78, 5) is 25.3. The summed E-state index contributed by atoms with van der Waals surface area (Å²) in [6.45, 7) is 1.35. The number of hydrogen-bond donors (Lipinski definition) is 1. The Labute approximate surface area is 133 Å². The summed E-state index contributed by atoms with van der Waals surface area (Å²) in [5.41, 5.74) is 0.363. The molecule has 1 aliphatic heterocycles. The van der Waals surface area contributed by atoms with Gasteiger partial charge in [-0.3, -0.25) is 9.59 Å². The molecule has 1 fully saturated rings. The molecule has 1 aromatic carbocycles. The lowest BCUT2D eigenvalue weighted by molar-refractivity contribution is -0.152. The van der Waals surface area contributed by atoms with Gasteiger partial charge in [-0.05, 0) is 24.6 Å². The summed E-state index contributed by atoms with van der Waals surface area (Å²) in [6.07, 6.45) is 0.861. The van der Waals surface area contributed by atoms with Gasteiger partial charge in [-0.2, -0.15) is 4.31 Å². The predicted molar refractivity (Wildman–Crippen MR) is 79.5 cm³/mol. The largest absolute Gasteiger partial charge is 0.480 e. The van der Waals surface area contributed by atoms with Crippen LogP contribution in [0.3, 0.4) is 0 Å². The van der Waals surface area contributed by atoms with Gasteiger partial charge >= 0.3 is 5.97 Å². The first-order chi connectivity index (χ1) is 10.7. The van der Waals surface area contributed by atoms with Crippen molar-refractivity contribution < 1.29 is 27.5 Å². The molecule has 2 rings (SSSR count). The van der Waals surface area contributed by atoms with Gasteiger partial charge in [0.05, 0.1) is 18.8 Å². The molecule has 1 aliphatic rings. The van der Waals surface area contributed by atoms with E-state index in [0.717, 1.165) is 18.4 Å². The van der Waals surface area contributed by atoms with E-state index in [-0.39, 0.29) is 6.54 Å². The lowest BCUT2D eigenvalue weighted by Gasteiger charge is -2.44. The number of carbonyl (C=O) groups is 2. The fraction of sp³-hybridized carbons (Fsp3) is 0.429. The fourth-order valence-corrected chi connectivity index (χ4v) is 3.75. The van der Waals surface area contributed by atoms with Gasteiger partial charge in [0.2, 0.25) is 15.9 Å². The zero-order valence-corrected chi connectivity index (χ0v) is 13.5. The van der Waals surface area contributed by atoms with Crippen molar-refractivity contribution in [1.29, 1.82) is 0 Å². The van der Waals surface area contributed by atoms with Crippen LogP contribution in [0.25, 0.3) is 0 Å². The van der Waals surface area contributed by atoms with Crippen LogP contribution in [0, 0.1) is 5.82 Å². The van der Waals surface area contributed by atoms with E-state index in [0.29, 0.717) is 9.87 Å². The van der Waals surface area contributed by atoms with Crippen LogP contribution in [0.2, 0.25) is 0 Å². The molecule has 126 valence electrons. The normalized spacial score (nSPS) is 23.1. The number of piperazine rings is 1. The molecule has 1 saturated heterocycles. The number of carboxylic acid groups (broad SMARTS) is 1. The SMILES string of the molecule is CCN1C(=O)CN(S(C)(=O)=O)[C@H](C(=O)O)[C@H]1c1ccc(F)cc1. The first-order valence-electron chi connectivity index (χ1n) is 6.91. The van der Waals surface area contributed by atoms with Gasteiger partial charge in [0.25, 0.3) is 0 Å². The van der Waals surface area contributed by atoms with Gasteiger partial charge in [0, 0.05) is 6.54 Å². The van der Waals surface area contributed by atoms with Crippen LogP contribution in [0.1, 0.15) is 18.5 Å². The molecule has 1 aromatic rings. The molecule has 0 aliphatic carbocycles. The molecule has 1 heterocycles. The van der Waals surface area contributed by atoms with E-state index in [9.17, 15) is 27.5 Å². The van der Waals surface area contributed by atoms with E-state index in [1.807, 2.05) is 0 Å². The number of halogens is 1. The summed E-state index contributed by atoms with van der Waals surface area (Å²) in [7, 11) is -3.90. The van der Waals surface area contributed by atoms with Crippen molar-refractivity contribution in [3.05, 3.63) is 35.6 Å². The number of carbonyl (C=O) groups excluding carboxylic acids is 1. The van der Waals surface area contributed by atoms with Crippen molar-refractivity contribution >= 4 is 21.9 Å². The van der Waals surface area contributed by atoms with Crippen molar-refractivity contribution in [1.82, 2.24) is 9.21 Å². The van der Waals surface area contributed by atoms with Crippen molar-refractivity contribution in [2.75, 3.05) is 19.3 Å². The average molecular weight is 344 g/mol. The predicted octanol–water partition coefficient (Wildman–Crippen LogP) is 0.444. The maximum Gasteiger partial charge on any atom is 0.324 e. The third kappa shape index (κ3) is 3.35. The molecule has 0 unspecified atom stereocenters. The van der Waals surface area contributed by atoms with Crippen molar-refractivity contribution in [3.63, 3.8) is 0 Å². The van der Waals surface area contributed by atoms with Gasteiger partial charge in [-0.15, -0.1) is 0 Å². The Bertz CT molecular complexity index is 719. The highest BCUT2D eigenvalue weighted by atomic mass is 32.2. The van der Waals surface area contributed by atoms with E-state index < -0.39 is 46.3 Å². The van der Waals surface area contributed by atoms with E-state index >= 15 is 0 Å². The molecular formula is C14H17FN2O5S. The molecule has 0 aromatic heterocycles. The second-order valence-electron chi connectivity index (χ2n) is 5.27. The fourth-order valence-electron chi connectivity index (χ4n) is 2.78. The number of nitrogens with zero attached hydrogens (tertiary/aromatic N) is 2. The monoisotopic (exact) mass is 344 g/mol. The Kier molecular flexibility index (Phi) is 4.71. The van der Waals surface area contributed by atoms with Gasteiger partial charge in [-0.25, -0.2) is 12.8 Å². The number of benzene rings is 1. The van der Waals surface area contributed by atoms with Crippen LogP contribution in [0.15, 0.2) is 24.3 Å². The van der Waals surface area contributed by atoms with Gasteiger partial charge in [-0.1, -0.05) is 12.1 Å². The Morgan fingerprint density at radius 3 is 2.35 bits per heavy atom. The number of carboxylic acids is 1. The summed E-state index contributed by atoms with van der Waals surface area (Å²) < 4.78 is 37.6. The minimum absolute atomic E-state index is 0.211. The zero-order valence-electron chi connectivity index (χ0n) is 12.6. The van der Waals surface area contributed by atoms with E-state index in [2.05, 4.69) is 0 Å². The molecular weight excluding hydrogens is 327 g/mol. The minimum Gasteiger partial charge on any atom is -0.480 e. The van der Waals surface area contributed by atoms with Crippen molar-refractivity contribution in [3.8, 4) is 0 Å². The number of hydrogen-bond acceptors (Lipinski definition) is 4. The average Bonchev–Trinajstić information content (AvgIpc) is 2.45. The standard InChI is InChI=1S/C14H17FN2O5S/c1-3-16-11(18)8-17(23(2,21)22)13(14(19)20)12(16)9-4-6-10(15)7-5-9/h4-7,12-13H,3,8H2,1-2H3,(H,19,20)/t12-,13+/m1/s1. The molecule has 0 saturated carbocycles.